The molecule has 1 aliphatic rings. The van der Waals surface area contributed by atoms with Gasteiger partial charge in [0, 0.05) is 16.9 Å². The van der Waals surface area contributed by atoms with Crippen LogP contribution < -0.4 is 5.73 Å². The van der Waals surface area contributed by atoms with Crippen LogP contribution in [0, 0.1) is 5.92 Å². The summed E-state index contributed by atoms with van der Waals surface area (Å²) < 4.78 is 0. The monoisotopic (exact) mass is 249 g/mol. The summed E-state index contributed by atoms with van der Waals surface area (Å²) in [5.74, 6) is 1.69. The van der Waals surface area contributed by atoms with Gasteiger partial charge in [0.25, 0.3) is 0 Å². The van der Waals surface area contributed by atoms with Crippen molar-refractivity contribution in [1.82, 2.24) is 0 Å². The van der Waals surface area contributed by atoms with Gasteiger partial charge in [-0.2, -0.15) is 0 Å². The molecule has 2 rings (SSSR count). The summed E-state index contributed by atoms with van der Waals surface area (Å²) in [4.78, 5) is 13.4. The number of nitrogens with two attached hydrogens (primary N) is 1. The number of rotatable bonds is 4. The average Bonchev–Trinajstić information content (AvgIpc) is 2.38. The molecular formula is C14H19NOS. The lowest BCUT2D eigenvalue weighted by Crippen LogP contribution is -2.15. The molecule has 3 heteroatoms. The molecule has 0 fully saturated rings. The lowest BCUT2D eigenvalue weighted by atomic mass is 9.97. The molecule has 0 radical (unpaired) electrons. The van der Waals surface area contributed by atoms with E-state index in [1.165, 1.54) is 22.6 Å². The maximum absolute atomic E-state index is 12.0. The lowest BCUT2D eigenvalue weighted by Gasteiger charge is -2.16. The minimum absolute atomic E-state index is 0.223. The van der Waals surface area contributed by atoms with E-state index < -0.39 is 0 Å². The predicted molar refractivity (Wildman–Crippen MR) is 72.7 cm³/mol. The summed E-state index contributed by atoms with van der Waals surface area (Å²) in [6, 6.07) is 6.13. The Hall–Kier alpha value is -0.800. The molecule has 0 saturated heterocycles. The van der Waals surface area contributed by atoms with Crippen LogP contribution in [0.3, 0.4) is 0 Å². The van der Waals surface area contributed by atoms with Crippen LogP contribution in [0.1, 0.15) is 35.7 Å². The molecule has 0 bridgehead atoms. The third-order valence-electron chi connectivity index (χ3n) is 3.17. The molecule has 92 valence electrons. The largest absolute Gasteiger partial charge is 0.330 e. The van der Waals surface area contributed by atoms with Gasteiger partial charge < -0.3 is 5.73 Å². The normalized spacial score (nSPS) is 16.4. The van der Waals surface area contributed by atoms with Gasteiger partial charge in [-0.1, -0.05) is 13.0 Å². The van der Waals surface area contributed by atoms with Crippen LogP contribution in [0.5, 0.6) is 0 Å². The maximum Gasteiger partial charge on any atom is 0.163 e. The number of carbonyl (C=O) groups is 1. The number of aryl methyl sites for hydroxylation is 1. The Morgan fingerprint density at radius 2 is 2.35 bits per heavy atom. The Kier molecular flexibility index (Phi) is 4.24. The minimum Gasteiger partial charge on any atom is -0.330 e. The van der Waals surface area contributed by atoms with Gasteiger partial charge in [0.05, 0.1) is 0 Å². The second kappa shape index (κ2) is 5.69. The molecule has 1 unspecified atom stereocenters. The highest BCUT2D eigenvalue weighted by Gasteiger charge is 2.14. The molecule has 1 aromatic rings. The van der Waals surface area contributed by atoms with Gasteiger partial charge in [0.2, 0.25) is 0 Å². The Labute approximate surface area is 107 Å². The van der Waals surface area contributed by atoms with Crippen LogP contribution in [0.25, 0.3) is 0 Å². The van der Waals surface area contributed by atoms with Gasteiger partial charge in [-0.3, -0.25) is 4.79 Å². The summed E-state index contributed by atoms with van der Waals surface area (Å²) in [7, 11) is 0. The molecule has 1 heterocycles. The fourth-order valence-corrected chi connectivity index (χ4v) is 3.07. The summed E-state index contributed by atoms with van der Waals surface area (Å²) in [5.41, 5.74) is 7.75. The number of hydrogen-bond donors (Lipinski definition) is 1. The molecule has 2 N–H and O–H groups in total. The third kappa shape index (κ3) is 3.11. The zero-order valence-electron chi connectivity index (χ0n) is 10.2. The van der Waals surface area contributed by atoms with Crippen LogP contribution in [0.4, 0.5) is 0 Å². The molecule has 17 heavy (non-hydrogen) atoms. The van der Waals surface area contributed by atoms with E-state index in [4.69, 9.17) is 5.73 Å². The van der Waals surface area contributed by atoms with Gasteiger partial charge in [-0.25, -0.2) is 0 Å². The first-order valence-electron chi connectivity index (χ1n) is 6.19. The van der Waals surface area contributed by atoms with Crippen LogP contribution in [0.2, 0.25) is 0 Å². The van der Waals surface area contributed by atoms with Crippen molar-refractivity contribution < 1.29 is 4.79 Å². The summed E-state index contributed by atoms with van der Waals surface area (Å²) in [6.45, 7) is 2.60. The molecule has 1 aromatic carbocycles. The van der Waals surface area contributed by atoms with Gasteiger partial charge >= 0.3 is 0 Å². The van der Waals surface area contributed by atoms with E-state index in [1.54, 1.807) is 0 Å². The van der Waals surface area contributed by atoms with Gasteiger partial charge in [0.15, 0.2) is 5.78 Å². The van der Waals surface area contributed by atoms with Crippen molar-refractivity contribution in [2.24, 2.45) is 11.7 Å². The fourth-order valence-electron chi connectivity index (χ4n) is 2.05. The van der Waals surface area contributed by atoms with Crippen molar-refractivity contribution in [1.29, 1.82) is 0 Å². The quantitative estimate of drug-likeness (QED) is 0.834. The van der Waals surface area contributed by atoms with E-state index in [0.29, 0.717) is 13.0 Å². The Bertz CT molecular complexity index is 417. The first-order valence-corrected chi connectivity index (χ1v) is 7.18. The van der Waals surface area contributed by atoms with Gasteiger partial charge in [0.1, 0.15) is 0 Å². The smallest absolute Gasteiger partial charge is 0.163 e. The van der Waals surface area contributed by atoms with Crippen molar-refractivity contribution in [2.45, 2.75) is 31.1 Å². The SMILES string of the molecule is CC(CN)CC(=O)c1ccc2c(c1)CCCS2. The second-order valence-corrected chi connectivity index (χ2v) is 5.88. The van der Waals surface area contributed by atoms with Crippen molar-refractivity contribution in [2.75, 3.05) is 12.3 Å². The molecule has 0 aliphatic carbocycles. The zero-order valence-corrected chi connectivity index (χ0v) is 11.1. The highest BCUT2D eigenvalue weighted by molar-refractivity contribution is 7.99. The van der Waals surface area contributed by atoms with Crippen molar-refractivity contribution >= 4 is 17.5 Å². The summed E-state index contributed by atoms with van der Waals surface area (Å²) in [6.07, 6.45) is 2.88. The van der Waals surface area contributed by atoms with Gasteiger partial charge in [-0.15, -0.1) is 11.8 Å². The van der Waals surface area contributed by atoms with Crippen LogP contribution >= 0.6 is 11.8 Å². The minimum atomic E-state index is 0.223. The van der Waals surface area contributed by atoms with E-state index >= 15 is 0 Å². The summed E-state index contributed by atoms with van der Waals surface area (Å²) >= 11 is 1.90. The van der Waals surface area contributed by atoms with Gasteiger partial charge in [-0.05, 0) is 48.8 Å². The van der Waals surface area contributed by atoms with Crippen LogP contribution in [-0.4, -0.2) is 18.1 Å². The van der Waals surface area contributed by atoms with E-state index in [1.807, 2.05) is 24.8 Å². The van der Waals surface area contributed by atoms with Crippen molar-refractivity contribution in [3.05, 3.63) is 29.3 Å². The van der Waals surface area contributed by atoms with Crippen molar-refractivity contribution in [3.8, 4) is 0 Å². The molecule has 1 aliphatic heterocycles. The number of carbonyl (C=O) groups excluding carboxylic acids is 1. The molecule has 0 amide bonds. The molecule has 0 saturated carbocycles. The first kappa shape index (κ1) is 12.7. The standard InChI is InChI=1S/C14H19NOS/c1-10(9-15)7-13(16)11-4-5-14-12(8-11)3-2-6-17-14/h4-5,8,10H,2-3,6-7,9,15H2,1H3. The second-order valence-electron chi connectivity index (χ2n) is 4.74. The first-order chi connectivity index (χ1) is 8.20. The van der Waals surface area contributed by atoms with E-state index in [9.17, 15) is 4.79 Å². The summed E-state index contributed by atoms with van der Waals surface area (Å²) in [5, 5.41) is 0. The van der Waals surface area contributed by atoms with E-state index in [2.05, 4.69) is 12.1 Å². The topological polar surface area (TPSA) is 43.1 Å². The Morgan fingerprint density at radius 1 is 1.53 bits per heavy atom. The maximum atomic E-state index is 12.0. The van der Waals surface area contributed by atoms with E-state index in [-0.39, 0.29) is 11.7 Å². The Balaban J connectivity index is 2.13. The highest BCUT2D eigenvalue weighted by atomic mass is 32.2. The number of thioether (sulfide) groups is 1. The molecule has 2 nitrogen and oxygen atoms in total. The number of ketones is 1. The third-order valence-corrected chi connectivity index (χ3v) is 4.37. The fraction of sp³-hybridized carbons (Fsp3) is 0.500. The average molecular weight is 249 g/mol. The van der Waals surface area contributed by atoms with E-state index in [0.717, 1.165) is 12.0 Å². The lowest BCUT2D eigenvalue weighted by molar-refractivity contribution is 0.0965. The van der Waals surface area contributed by atoms with Crippen molar-refractivity contribution in [3.63, 3.8) is 0 Å². The van der Waals surface area contributed by atoms with Crippen LogP contribution in [-0.2, 0) is 6.42 Å². The molecular weight excluding hydrogens is 230 g/mol. The zero-order chi connectivity index (χ0) is 12.3. The number of fused-ring (bicyclic) bond motifs is 1. The Morgan fingerprint density at radius 3 is 3.12 bits per heavy atom. The number of hydrogen-bond acceptors (Lipinski definition) is 3. The molecule has 0 aromatic heterocycles. The number of benzene rings is 1. The highest BCUT2D eigenvalue weighted by Crippen LogP contribution is 2.30. The van der Waals surface area contributed by atoms with Crippen LogP contribution in [0.15, 0.2) is 23.1 Å². The molecule has 0 spiro atoms. The molecule has 1 atom stereocenters. The predicted octanol–water partition coefficient (Wildman–Crippen LogP) is 2.89. The number of Topliss-reactive ketones (excluding diaryl/α,β-unsaturated/α-hetero) is 1.